The minimum Gasteiger partial charge on any atom is -0.444 e. The molecule has 1 N–H and O–H groups in total. The van der Waals surface area contributed by atoms with Gasteiger partial charge in [-0.25, -0.2) is 4.79 Å². The molecule has 0 aromatic heterocycles. The van der Waals surface area contributed by atoms with E-state index >= 15 is 0 Å². The number of ether oxygens (including phenoxy) is 1. The number of carbonyl (C=O) groups excluding carboxylic acids is 2. The standard InChI is InChI=1S/C14H27NO3/c1-9(2)12(16)10(3)8-11(4)15-13(17)18-14(5,6)7/h9-11H,8H2,1-7H3,(H,15,17). The molecular formula is C14H27NO3. The highest BCUT2D eigenvalue weighted by Gasteiger charge is 2.22. The van der Waals surface area contributed by atoms with Crippen molar-refractivity contribution in [2.45, 2.75) is 66.5 Å². The summed E-state index contributed by atoms with van der Waals surface area (Å²) in [5, 5.41) is 2.75. The van der Waals surface area contributed by atoms with Gasteiger partial charge in [-0.15, -0.1) is 0 Å². The van der Waals surface area contributed by atoms with Crippen LogP contribution in [0.3, 0.4) is 0 Å². The van der Waals surface area contributed by atoms with Crippen molar-refractivity contribution in [1.82, 2.24) is 5.32 Å². The van der Waals surface area contributed by atoms with Crippen LogP contribution in [0.1, 0.15) is 54.9 Å². The maximum Gasteiger partial charge on any atom is 0.407 e. The molecule has 4 heteroatoms. The fourth-order valence-electron chi connectivity index (χ4n) is 1.78. The van der Waals surface area contributed by atoms with Crippen molar-refractivity contribution in [1.29, 1.82) is 0 Å². The lowest BCUT2D eigenvalue weighted by Crippen LogP contribution is -2.39. The van der Waals surface area contributed by atoms with Crippen molar-refractivity contribution in [3.8, 4) is 0 Å². The summed E-state index contributed by atoms with van der Waals surface area (Å²) in [4.78, 5) is 23.3. The van der Waals surface area contributed by atoms with Crippen LogP contribution < -0.4 is 5.32 Å². The lowest BCUT2D eigenvalue weighted by molar-refractivity contribution is -0.125. The highest BCUT2D eigenvalue weighted by atomic mass is 16.6. The molecule has 0 radical (unpaired) electrons. The summed E-state index contributed by atoms with van der Waals surface area (Å²) in [6, 6.07) is -0.0717. The third kappa shape index (κ3) is 7.30. The lowest BCUT2D eigenvalue weighted by Gasteiger charge is -2.23. The first-order valence-corrected chi connectivity index (χ1v) is 6.56. The fourth-order valence-corrected chi connectivity index (χ4v) is 1.78. The number of hydrogen-bond acceptors (Lipinski definition) is 3. The molecule has 0 heterocycles. The Kier molecular flexibility index (Phi) is 6.36. The van der Waals surface area contributed by atoms with Crippen molar-refractivity contribution in [3.05, 3.63) is 0 Å². The van der Waals surface area contributed by atoms with Gasteiger partial charge in [0, 0.05) is 17.9 Å². The van der Waals surface area contributed by atoms with E-state index in [4.69, 9.17) is 4.74 Å². The molecular weight excluding hydrogens is 230 g/mol. The van der Waals surface area contributed by atoms with Gasteiger partial charge in [0.15, 0.2) is 0 Å². The van der Waals surface area contributed by atoms with Crippen molar-refractivity contribution < 1.29 is 14.3 Å². The van der Waals surface area contributed by atoms with E-state index in [-0.39, 0.29) is 23.7 Å². The first-order chi connectivity index (χ1) is 8.03. The van der Waals surface area contributed by atoms with E-state index in [2.05, 4.69) is 5.32 Å². The lowest BCUT2D eigenvalue weighted by atomic mass is 9.92. The third-order valence-electron chi connectivity index (χ3n) is 2.52. The molecule has 4 nitrogen and oxygen atoms in total. The average Bonchev–Trinajstić information content (AvgIpc) is 2.12. The van der Waals surface area contributed by atoms with Crippen LogP contribution in [0.4, 0.5) is 4.79 Å². The molecule has 2 atom stereocenters. The Hall–Kier alpha value is -1.06. The fraction of sp³-hybridized carbons (Fsp3) is 0.857. The van der Waals surface area contributed by atoms with E-state index in [0.29, 0.717) is 6.42 Å². The number of Topliss-reactive ketones (excluding diaryl/α,β-unsaturated/α-hetero) is 1. The van der Waals surface area contributed by atoms with Gasteiger partial charge >= 0.3 is 6.09 Å². The van der Waals surface area contributed by atoms with E-state index in [1.54, 1.807) is 0 Å². The molecule has 0 rings (SSSR count). The van der Waals surface area contributed by atoms with Crippen LogP contribution in [0, 0.1) is 11.8 Å². The predicted octanol–water partition coefficient (Wildman–Crippen LogP) is 3.15. The van der Waals surface area contributed by atoms with Crippen molar-refractivity contribution >= 4 is 11.9 Å². The molecule has 0 bridgehead atoms. The molecule has 0 saturated carbocycles. The van der Waals surface area contributed by atoms with Crippen LogP contribution in [0.25, 0.3) is 0 Å². The van der Waals surface area contributed by atoms with Gasteiger partial charge in [0.25, 0.3) is 0 Å². The highest BCUT2D eigenvalue weighted by Crippen LogP contribution is 2.13. The smallest absolute Gasteiger partial charge is 0.407 e. The summed E-state index contributed by atoms with van der Waals surface area (Å²) in [7, 11) is 0. The van der Waals surface area contributed by atoms with Crippen LogP contribution in [0.15, 0.2) is 0 Å². The van der Waals surface area contributed by atoms with E-state index < -0.39 is 11.7 Å². The molecule has 0 aliphatic rings. The summed E-state index contributed by atoms with van der Waals surface area (Å²) in [5.74, 6) is 0.219. The minimum absolute atomic E-state index is 0.0359. The second-order valence-corrected chi connectivity index (χ2v) is 6.24. The number of nitrogens with one attached hydrogen (secondary N) is 1. The number of alkyl carbamates (subject to hydrolysis) is 1. The number of hydrogen-bond donors (Lipinski definition) is 1. The SMILES string of the molecule is CC(CC(C)C(=O)C(C)C)NC(=O)OC(C)(C)C. The molecule has 18 heavy (non-hydrogen) atoms. The molecule has 106 valence electrons. The van der Waals surface area contributed by atoms with Gasteiger partial charge in [-0.3, -0.25) is 4.79 Å². The van der Waals surface area contributed by atoms with Crippen LogP contribution >= 0.6 is 0 Å². The summed E-state index contributed by atoms with van der Waals surface area (Å²) in [6.45, 7) is 13.0. The van der Waals surface area contributed by atoms with E-state index in [0.717, 1.165) is 0 Å². The zero-order valence-electron chi connectivity index (χ0n) is 12.7. The van der Waals surface area contributed by atoms with E-state index in [1.807, 2.05) is 48.5 Å². The van der Waals surface area contributed by atoms with E-state index in [1.165, 1.54) is 0 Å². The summed E-state index contributed by atoms with van der Waals surface area (Å²) in [5.41, 5.74) is -0.497. The monoisotopic (exact) mass is 257 g/mol. The third-order valence-corrected chi connectivity index (χ3v) is 2.52. The van der Waals surface area contributed by atoms with Gasteiger partial charge < -0.3 is 10.1 Å². The zero-order valence-corrected chi connectivity index (χ0v) is 12.7. The van der Waals surface area contributed by atoms with Gasteiger partial charge in [-0.1, -0.05) is 20.8 Å². The van der Waals surface area contributed by atoms with Crippen LogP contribution in [-0.4, -0.2) is 23.5 Å². The summed E-state index contributed by atoms with van der Waals surface area (Å²) >= 11 is 0. The zero-order chi connectivity index (χ0) is 14.5. The second kappa shape index (κ2) is 6.76. The van der Waals surface area contributed by atoms with Gasteiger partial charge in [0.05, 0.1) is 0 Å². The number of carbonyl (C=O) groups is 2. The molecule has 0 spiro atoms. The molecule has 2 unspecified atom stereocenters. The molecule has 0 aromatic rings. The Morgan fingerprint density at radius 2 is 1.61 bits per heavy atom. The first-order valence-electron chi connectivity index (χ1n) is 6.56. The van der Waals surface area contributed by atoms with Gasteiger partial charge in [-0.05, 0) is 34.1 Å². The van der Waals surface area contributed by atoms with Crippen LogP contribution in [0.5, 0.6) is 0 Å². The minimum atomic E-state index is -0.497. The van der Waals surface area contributed by atoms with Crippen molar-refractivity contribution in [3.63, 3.8) is 0 Å². The van der Waals surface area contributed by atoms with Crippen LogP contribution in [0.2, 0.25) is 0 Å². The maximum atomic E-state index is 11.7. The van der Waals surface area contributed by atoms with Gasteiger partial charge in [-0.2, -0.15) is 0 Å². The summed E-state index contributed by atoms with van der Waals surface area (Å²) in [6.07, 6.45) is 0.204. The Morgan fingerprint density at radius 1 is 1.11 bits per heavy atom. The Balaban J connectivity index is 4.15. The normalized spacial score (nSPS) is 15.1. The molecule has 0 aliphatic carbocycles. The topological polar surface area (TPSA) is 55.4 Å². The van der Waals surface area contributed by atoms with Gasteiger partial charge in [0.2, 0.25) is 0 Å². The van der Waals surface area contributed by atoms with Gasteiger partial charge in [0.1, 0.15) is 11.4 Å². The Bertz CT molecular complexity index is 292. The quantitative estimate of drug-likeness (QED) is 0.823. The molecule has 0 aliphatic heterocycles. The maximum absolute atomic E-state index is 11.7. The van der Waals surface area contributed by atoms with Crippen LogP contribution in [-0.2, 0) is 9.53 Å². The second-order valence-electron chi connectivity index (χ2n) is 6.24. The summed E-state index contributed by atoms with van der Waals surface area (Å²) < 4.78 is 5.16. The van der Waals surface area contributed by atoms with Crippen molar-refractivity contribution in [2.75, 3.05) is 0 Å². The Morgan fingerprint density at radius 3 is 2.00 bits per heavy atom. The molecule has 1 amide bonds. The number of rotatable bonds is 5. The Labute approximate surface area is 110 Å². The number of ketones is 1. The van der Waals surface area contributed by atoms with E-state index in [9.17, 15) is 9.59 Å². The highest BCUT2D eigenvalue weighted by molar-refractivity contribution is 5.82. The average molecular weight is 257 g/mol. The predicted molar refractivity (Wildman–Crippen MR) is 72.5 cm³/mol. The largest absolute Gasteiger partial charge is 0.444 e. The number of amides is 1. The molecule has 0 fully saturated rings. The van der Waals surface area contributed by atoms with Crippen molar-refractivity contribution in [2.24, 2.45) is 11.8 Å². The first kappa shape index (κ1) is 16.9. The molecule has 0 saturated heterocycles. The molecule has 0 aromatic carbocycles.